The van der Waals surface area contributed by atoms with Gasteiger partial charge in [0.15, 0.2) is 0 Å². The summed E-state index contributed by atoms with van der Waals surface area (Å²) in [4.78, 5) is 7.07. The van der Waals surface area contributed by atoms with Crippen LogP contribution in [0.3, 0.4) is 0 Å². The van der Waals surface area contributed by atoms with E-state index >= 15 is 0 Å². The third-order valence-corrected chi connectivity index (χ3v) is 7.22. The van der Waals surface area contributed by atoms with E-state index in [0.717, 1.165) is 78.4 Å². The first-order chi connectivity index (χ1) is 17.2. The normalized spacial score (nSPS) is 17.4. The number of hydrogen-bond acceptors (Lipinski definition) is 5. The molecule has 35 heavy (non-hydrogen) atoms. The maximum atomic E-state index is 6.21. The lowest BCUT2D eigenvalue weighted by molar-refractivity contribution is 0.122. The molecule has 0 spiro atoms. The molecule has 178 valence electrons. The van der Waals surface area contributed by atoms with Crippen LogP contribution in [0.4, 0.5) is 5.82 Å². The lowest BCUT2D eigenvalue weighted by Crippen LogP contribution is -2.36. The lowest BCUT2D eigenvalue weighted by Gasteiger charge is -2.28. The number of methoxy groups -OCH3 is 1. The number of para-hydroxylation sites is 2. The molecule has 1 unspecified atom stereocenters. The summed E-state index contributed by atoms with van der Waals surface area (Å²) in [5.41, 5.74) is 6.79. The summed E-state index contributed by atoms with van der Waals surface area (Å²) in [6.45, 7) is 3.30. The SMILES string of the molecule is COc1ccccc1-n1nc2c(c1-c1ccc(Cl)cc1)CC(c1ccc(N3CCOCC3)nc1)C2. The van der Waals surface area contributed by atoms with Crippen LogP contribution in [-0.2, 0) is 17.6 Å². The highest BCUT2D eigenvalue weighted by molar-refractivity contribution is 6.30. The van der Waals surface area contributed by atoms with Crippen LogP contribution in [-0.4, -0.2) is 48.2 Å². The quantitative estimate of drug-likeness (QED) is 0.382. The van der Waals surface area contributed by atoms with Gasteiger partial charge in [0.1, 0.15) is 17.3 Å². The molecule has 2 aliphatic rings. The highest BCUT2D eigenvalue weighted by atomic mass is 35.5. The Morgan fingerprint density at radius 2 is 1.77 bits per heavy atom. The Kier molecular flexibility index (Phi) is 5.92. The average Bonchev–Trinajstić information content (AvgIpc) is 3.48. The van der Waals surface area contributed by atoms with Crippen molar-refractivity contribution in [2.45, 2.75) is 18.8 Å². The molecule has 1 atom stereocenters. The van der Waals surface area contributed by atoms with Gasteiger partial charge in [-0.15, -0.1) is 0 Å². The highest BCUT2D eigenvalue weighted by Crippen LogP contribution is 2.41. The van der Waals surface area contributed by atoms with E-state index in [9.17, 15) is 0 Å². The summed E-state index contributed by atoms with van der Waals surface area (Å²) in [5, 5.41) is 5.82. The number of benzene rings is 2. The topological polar surface area (TPSA) is 52.4 Å². The smallest absolute Gasteiger partial charge is 0.144 e. The molecule has 0 N–H and O–H groups in total. The number of nitrogens with zero attached hydrogens (tertiary/aromatic N) is 4. The number of pyridine rings is 1. The summed E-state index contributed by atoms with van der Waals surface area (Å²) in [7, 11) is 1.70. The minimum atomic E-state index is 0.358. The highest BCUT2D eigenvalue weighted by Gasteiger charge is 2.32. The fraction of sp³-hybridized carbons (Fsp3) is 0.286. The summed E-state index contributed by atoms with van der Waals surface area (Å²) < 4.78 is 13.2. The minimum Gasteiger partial charge on any atom is -0.494 e. The third-order valence-electron chi connectivity index (χ3n) is 6.97. The molecular weight excluding hydrogens is 460 g/mol. The van der Waals surface area contributed by atoms with Crippen LogP contribution in [0.15, 0.2) is 66.9 Å². The van der Waals surface area contributed by atoms with Crippen molar-refractivity contribution in [2.24, 2.45) is 0 Å². The van der Waals surface area contributed by atoms with E-state index in [1.54, 1.807) is 7.11 Å². The predicted octanol–water partition coefficient (Wildman–Crippen LogP) is 5.32. The van der Waals surface area contributed by atoms with Gasteiger partial charge in [0.05, 0.1) is 31.7 Å². The molecule has 1 saturated heterocycles. The zero-order chi connectivity index (χ0) is 23.8. The number of aromatic nitrogens is 3. The van der Waals surface area contributed by atoms with Crippen molar-refractivity contribution in [3.8, 4) is 22.7 Å². The van der Waals surface area contributed by atoms with E-state index in [-0.39, 0.29) is 0 Å². The van der Waals surface area contributed by atoms with E-state index in [1.165, 1.54) is 11.1 Å². The van der Waals surface area contributed by atoms with Gasteiger partial charge < -0.3 is 14.4 Å². The number of fused-ring (bicyclic) bond motifs is 1. The number of rotatable bonds is 5. The first-order valence-electron chi connectivity index (χ1n) is 12.0. The summed E-state index contributed by atoms with van der Waals surface area (Å²) >= 11 is 6.21. The first kappa shape index (κ1) is 22.1. The molecule has 4 aromatic rings. The Balaban J connectivity index is 1.35. The Morgan fingerprint density at radius 1 is 0.971 bits per heavy atom. The molecule has 2 aromatic carbocycles. The Hall–Kier alpha value is -3.35. The molecule has 0 radical (unpaired) electrons. The summed E-state index contributed by atoms with van der Waals surface area (Å²) in [5.74, 6) is 2.18. The van der Waals surface area contributed by atoms with Crippen molar-refractivity contribution in [1.82, 2.24) is 14.8 Å². The standard InChI is InChI=1S/C28H27ClN4O2/c1-34-26-5-3-2-4-25(26)33-28(19-6-9-22(29)10-7-19)23-16-21(17-24(23)31-33)20-8-11-27(30-18-20)32-12-14-35-15-13-32/h2-11,18,21H,12-17H2,1H3. The summed E-state index contributed by atoms with van der Waals surface area (Å²) in [6.07, 6.45) is 3.84. The number of hydrogen-bond donors (Lipinski definition) is 0. The van der Waals surface area contributed by atoms with Gasteiger partial charge in [-0.1, -0.05) is 41.9 Å². The molecule has 6 nitrogen and oxygen atoms in total. The van der Waals surface area contributed by atoms with Crippen LogP contribution < -0.4 is 9.64 Å². The molecule has 1 aliphatic carbocycles. The second-order valence-corrected chi connectivity index (χ2v) is 9.46. The van der Waals surface area contributed by atoms with Gasteiger partial charge in [0.25, 0.3) is 0 Å². The fourth-order valence-electron chi connectivity index (χ4n) is 5.16. The number of ether oxygens (including phenoxy) is 2. The van der Waals surface area contributed by atoms with Crippen LogP contribution in [0.2, 0.25) is 5.02 Å². The van der Waals surface area contributed by atoms with E-state index in [1.807, 2.05) is 47.3 Å². The molecule has 6 rings (SSSR count). The molecule has 0 amide bonds. The van der Waals surface area contributed by atoms with Crippen LogP contribution in [0.5, 0.6) is 5.75 Å². The maximum absolute atomic E-state index is 6.21. The Labute approximate surface area is 210 Å². The van der Waals surface area contributed by atoms with E-state index < -0.39 is 0 Å². The molecule has 0 bridgehead atoms. The summed E-state index contributed by atoms with van der Waals surface area (Å²) in [6, 6.07) is 20.4. The minimum absolute atomic E-state index is 0.358. The molecular formula is C28H27ClN4O2. The van der Waals surface area contributed by atoms with Crippen molar-refractivity contribution in [1.29, 1.82) is 0 Å². The van der Waals surface area contributed by atoms with Crippen molar-refractivity contribution in [2.75, 3.05) is 38.3 Å². The second-order valence-electron chi connectivity index (χ2n) is 9.02. The van der Waals surface area contributed by atoms with E-state index in [0.29, 0.717) is 5.92 Å². The fourth-order valence-corrected chi connectivity index (χ4v) is 5.29. The van der Waals surface area contributed by atoms with Gasteiger partial charge in [-0.2, -0.15) is 5.10 Å². The van der Waals surface area contributed by atoms with E-state index in [2.05, 4.69) is 29.2 Å². The van der Waals surface area contributed by atoms with Gasteiger partial charge in [0, 0.05) is 35.4 Å². The molecule has 7 heteroatoms. The van der Waals surface area contributed by atoms with Crippen LogP contribution in [0.1, 0.15) is 22.7 Å². The third kappa shape index (κ3) is 4.17. The van der Waals surface area contributed by atoms with Crippen molar-refractivity contribution >= 4 is 17.4 Å². The Morgan fingerprint density at radius 3 is 2.51 bits per heavy atom. The molecule has 2 aromatic heterocycles. The van der Waals surface area contributed by atoms with Gasteiger partial charge in [-0.25, -0.2) is 9.67 Å². The van der Waals surface area contributed by atoms with Gasteiger partial charge in [0.2, 0.25) is 0 Å². The first-order valence-corrected chi connectivity index (χ1v) is 12.4. The molecule has 0 saturated carbocycles. The number of anilines is 1. The average molecular weight is 487 g/mol. The zero-order valence-electron chi connectivity index (χ0n) is 19.7. The maximum Gasteiger partial charge on any atom is 0.144 e. The zero-order valence-corrected chi connectivity index (χ0v) is 20.4. The number of morpholine rings is 1. The second kappa shape index (κ2) is 9.36. The molecule has 3 heterocycles. The monoisotopic (exact) mass is 486 g/mol. The predicted molar refractivity (Wildman–Crippen MR) is 138 cm³/mol. The van der Waals surface area contributed by atoms with Gasteiger partial charge >= 0.3 is 0 Å². The van der Waals surface area contributed by atoms with Crippen LogP contribution in [0.25, 0.3) is 16.9 Å². The largest absolute Gasteiger partial charge is 0.494 e. The van der Waals surface area contributed by atoms with Crippen molar-refractivity contribution in [3.63, 3.8) is 0 Å². The van der Waals surface area contributed by atoms with Crippen LogP contribution >= 0.6 is 11.6 Å². The molecule has 1 aliphatic heterocycles. The lowest BCUT2D eigenvalue weighted by atomic mass is 9.97. The Bertz CT molecular complexity index is 1330. The van der Waals surface area contributed by atoms with Crippen molar-refractivity contribution in [3.05, 3.63) is 88.7 Å². The number of halogens is 1. The van der Waals surface area contributed by atoms with Crippen molar-refractivity contribution < 1.29 is 9.47 Å². The van der Waals surface area contributed by atoms with Gasteiger partial charge in [-0.3, -0.25) is 0 Å². The van der Waals surface area contributed by atoms with Crippen LogP contribution in [0, 0.1) is 0 Å². The van der Waals surface area contributed by atoms with Gasteiger partial charge in [-0.05, 0) is 54.7 Å². The molecule has 1 fully saturated rings. The van der Waals surface area contributed by atoms with E-state index in [4.69, 9.17) is 31.2 Å².